The number of carboxylic acids is 1. The Labute approximate surface area is 122 Å². The van der Waals surface area contributed by atoms with Gasteiger partial charge in [-0.1, -0.05) is 41.9 Å². The normalized spacial score (nSPS) is 24.0. The summed E-state index contributed by atoms with van der Waals surface area (Å²) in [7, 11) is 0. The highest BCUT2D eigenvalue weighted by atomic mass is 79.9. The summed E-state index contributed by atoms with van der Waals surface area (Å²) in [6.07, 6.45) is 2.05. The molecule has 0 amide bonds. The van der Waals surface area contributed by atoms with Crippen LogP contribution in [0, 0.1) is 5.92 Å². The lowest BCUT2D eigenvalue weighted by Gasteiger charge is -2.38. The van der Waals surface area contributed by atoms with Gasteiger partial charge in [-0.2, -0.15) is 0 Å². The highest BCUT2D eigenvalue weighted by Gasteiger charge is 2.34. The summed E-state index contributed by atoms with van der Waals surface area (Å²) in [5, 5.41) is 12.4. The van der Waals surface area contributed by atoms with Gasteiger partial charge in [0.15, 0.2) is 0 Å². The van der Waals surface area contributed by atoms with E-state index in [9.17, 15) is 4.79 Å². The molecular formula is C15H20BrNO2. The Balaban J connectivity index is 1.86. The van der Waals surface area contributed by atoms with Gasteiger partial charge in [-0.05, 0) is 42.4 Å². The molecule has 0 radical (unpaired) electrons. The first kappa shape index (κ1) is 14.5. The zero-order chi connectivity index (χ0) is 14.0. The number of carbonyl (C=O) groups is 1. The Kier molecular flexibility index (Phi) is 4.63. The van der Waals surface area contributed by atoms with E-state index < -0.39 is 12.0 Å². The molecule has 1 aromatic carbocycles. The predicted octanol–water partition coefficient (Wildman–Crippen LogP) is 3.39. The summed E-state index contributed by atoms with van der Waals surface area (Å²) < 4.78 is 1.09. The van der Waals surface area contributed by atoms with E-state index in [2.05, 4.69) is 45.5 Å². The molecule has 0 heterocycles. The first-order valence-electron chi connectivity index (χ1n) is 6.71. The van der Waals surface area contributed by atoms with Gasteiger partial charge >= 0.3 is 5.97 Å². The first-order chi connectivity index (χ1) is 8.97. The van der Waals surface area contributed by atoms with Crippen LogP contribution in [0.25, 0.3) is 0 Å². The summed E-state index contributed by atoms with van der Waals surface area (Å²) in [5.74, 6) is -0.0708. The Hall–Kier alpha value is -0.870. The van der Waals surface area contributed by atoms with E-state index in [1.165, 1.54) is 5.56 Å². The molecular weight excluding hydrogens is 306 g/mol. The van der Waals surface area contributed by atoms with Crippen molar-refractivity contribution in [1.82, 2.24) is 5.32 Å². The van der Waals surface area contributed by atoms with E-state index in [-0.39, 0.29) is 5.92 Å². The molecule has 1 aliphatic rings. The molecule has 0 spiro atoms. The lowest BCUT2D eigenvalue weighted by Crippen LogP contribution is -2.50. The average molecular weight is 326 g/mol. The van der Waals surface area contributed by atoms with Crippen LogP contribution in [0.15, 0.2) is 28.7 Å². The van der Waals surface area contributed by atoms with Gasteiger partial charge in [0, 0.05) is 10.5 Å². The molecule has 1 aromatic rings. The zero-order valence-electron chi connectivity index (χ0n) is 11.3. The number of aliphatic carboxylic acids is 1. The van der Waals surface area contributed by atoms with Crippen LogP contribution in [0.3, 0.4) is 0 Å². The summed E-state index contributed by atoms with van der Waals surface area (Å²) >= 11 is 3.43. The third-order valence-electron chi connectivity index (χ3n) is 3.83. The largest absolute Gasteiger partial charge is 0.480 e. The molecule has 0 bridgehead atoms. The van der Waals surface area contributed by atoms with Gasteiger partial charge in [0.1, 0.15) is 6.04 Å². The molecule has 1 aliphatic carbocycles. The van der Waals surface area contributed by atoms with Crippen LogP contribution >= 0.6 is 15.9 Å². The third kappa shape index (κ3) is 3.57. The minimum atomic E-state index is -0.748. The van der Waals surface area contributed by atoms with E-state index in [4.69, 9.17) is 5.11 Å². The fourth-order valence-corrected chi connectivity index (χ4v) is 2.83. The minimum Gasteiger partial charge on any atom is -0.480 e. The topological polar surface area (TPSA) is 49.3 Å². The number of halogens is 1. The van der Waals surface area contributed by atoms with Crippen molar-refractivity contribution in [3.05, 3.63) is 34.3 Å². The third-order valence-corrected chi connectivity index (χ3v) is 4.36. The Morgan fingerprint density at radius 3 is 2.37 bits per heavy atom. The van der Waals surface area contributed by atoms with Crippen molar-refractivity contribution in [3.63, 3.8) is 0 Å². The molecule has 1 unspecified atom stereocenters. The van der Waals surface area contributed by atoms with Crippen molar-refractivity contribution in [1.29, 1.82) is 0 Å². The van der Waals surface area contributed by atoms with Gasteiger partial charge < -0.3 is 10.4 Å². The molecule has 2 rings (SSSR count). The van der Waals surface area contributed by atoms with Crippen LogP contribution in [0.5, 0.6) is 0 Å². The molecule has 19 heavy (non-hydrogen) atoms. The second-order valence-corrected chi connectivity index (χ2v) is 6.56. The predicted molar refractivity (Wildman–Crippen MR) is 79.3 cm³/mol. The monoisotopic (exact) mass is 325 g/mol. The van der Waals surface area contributed by atoms with Gasteiger partial charge in [0.2, 0.25) is 0 Å². The van der Waals surface area contributed by atoms with Crippen LogP contribution in [-0.2, 0) is 4.79 Å². The molecule has 0 aliphatic heterocycles. The molecule has 1 saturated carbocycles. The Morgan fingerprint density at radius 2 is 1.89 bits per heavy atom. The van der Waals surface area contributed by atoms with E-state index in [0.717, 1.165) is 17.3 Å². The number of hydrogen-bond donors (Lipinski definition) is 2. The standard InChI is InChI=1S/C15H20BrNO2/c1-9(2)14(15(18)19)17-13-7-11(8-13)10-3-5-12(16)6-4-10/h3-6,9,11,13-14,17H,7-8H2,1-2H3,(H,18,19). The molecule has 0 saturated heterocycles. The quantitative estimate of drug-likeness (QED) is 0.872. The van der Waals surface area contributed by atoms with Gasteiger partial charge in [-0.3, -0.25) is 4.79 Å². The molecule has 1 fully saturated rings. The Bertz CT molecular complexity index is 438. The van der Waals surface area contributed by atoms with E-state index in [0.29, 0.717) is 12.0 Å². The second kappa shape index (κ2) is 6.06. The van der Waals surface area contributed by atoms with Crippen LogP contribution in [0.1, 0.15) is 38.2 Å². The molecule has 1 atom stereocenters. The maximum Gasteiger partial charge on any atom is 0.320 e. The number of benzene rings is 1. The maximum atomic E-state index is 11.1. The van der Waals surface area contributed by atoms with Gasteiger partial charge in [-0.25, -0.2) is 0 Å². The highest BCUT2D eigenvalue weighted by Crippen LogP contribution is 2.37. The minimum absolute atomic E-state index is 0.115. The number of carboxylic acid groups (broad SMARTS) is 1. The van der Waals surface area contributed by atoms with Gasteiger partial charge in [0.05, 0.1) is 0 Å². The fraction of sp³-hybridized carbons (Fsp3) is 0.533. The zero-order valence-corrected chi connectivity index (χ0v) is 12.9. The van der Waals surface area contributed by atoms with Crippen molar-refractivity contribution >= 4 is 21.9 Å². The molecule has 104 valence electrons. The van der Waals surface area contributed by atoms with Crippen LogP contribution in [0.4, 0.5) is 0 Å². The number of hydrogen-bond acceptors (Lipinski definition) is 2. The van der Waals surface area contributed by atoms with Crippen molar-refractivity contribution in [2.24, 2.45) is 5.92 Å². The van der Waals surface area contributed by atoms with Crippen molar-refractivity contribution in [3.8, 4) is 0 Å². The number of rotatable bonds is 5. The highest BCUT2D eigenvalue weighted by molar-refractivity contribution is 9.10. The maximum absolute atomic E-state index is 11.1. The number of nitrogens with one attached hydrogen (secondary N) is 1. The summed E-state index contributed by atoms with van der Waals surface area (Å²) in [5.41, 5.74) is 1.35. The van der Waals surface area contributed by atoms with Crippen LogP contribution in [-0.4, -0.2) is 23.2 Å². The van der Waals surface area contributed by atoms with Crippen LogP contribution < -0.4 is 5.32 Å². The fourth-order valence-electron chi connectivity index (χ4n) is 2.56. The molecule has 3 nitrogen and oxygen atoms in total. The van der Waals surface area contributed by atoms with Crippen LogP contribution in [0.2, 0.25) is 0 Å². The summed E-state index contributed by atoms with van der Waals surface area (Å²) in [6.45, 7) is 3.88. The van der Waals surface area contributed by atoms with E-state index >= 15 is 0 Å². The van der Waals surface area contributed by atoms with E-state index in [1.54, 1.807) is 0 Å². The molecule has 2 N–H and O–H groups in total. The Morgan fingerprint density at radius 1 is 1.32 bits per heavy atom. The van der Waals surface area contributed by atoms with Crippen molar-refractivity contribution < 1.29 is 9.90 Å². The molecule has 4 heteroatoms. The van der Waals surface area contributed by atoms with Gasteiger partial charge in [-0.15, -0.1) is 0 Å². The first-order valence-corrected chi connectivity index (χ1v) is 7.51. The van der Waals surface area contributed by atoms with Crippen molar-refractivity contribution in [2.45, 2.75) is 44.7 Å². The van der Waals surface area contributed by atoms with Crippen molar-refractivity contribution in [2.75, 3.05) is 0 Å². The van der Waals surface area contributed by atoms with E-state index in [1.807, 2.05) is 13.8 Å². The summed E-state index contributed by atoms with van der Waals surface area (Å²) in [6, 6.07) is 8.30. The lowest BCUT2D eigenvalue weighted by molar-refractivity contribution is -0.141. The SMILES string of the molecule is CC(C)C(NC1CC(c2ccc(Br)cc2)C1)C(=O)O. The van der Waals surface area contributed by atoms with Gasteiger partial charge in [0.25, 0.3) is 0 Å². The summed E-state index contributed by atoms with van der Waals surface area (Å²) in [4.78, 5) is 11.1. The smallest absolute Gasteiger partial charge is 0.320 e. The second-order valence-electron chi connectivity index (χ2n) is 5.64. The molecule has 0 aromatic heterocycles. The average Bonchev–Trinajstić information content (AvgIpc) is 2.28. The lowest BCUT2D eigenvalue weighted by atomic mass is 9.75.